The first kappa shape index (κ1) is 14.3. The van der Waals surface area contributed by atoms with Crippen molar-refractivity contribution < 1.29 is 9.21 Å². The molecule has 0 aliphatic heterocycles. The number of carbonyl (C=O) groups is 1. The molecule has 0 amide bonds. The van der Waals surface area contributed by atoms with Crippen LogP contribution in [-0.4, -0.2) is 19.4 Å². The lowest BCUT2D eigenvalue weighted by Gasteiger charge is -2.21. The number of fused-ring (bicyclic) bond motifs is 3. The molecule has 4 heteroatoms. The molecule has 0 radical (unpaired) electrons. The van der Waals surface area contributed by atoms with E-state index in [-0.39, 0.29) is 5.56 Å². The molecule has 1 aromatic heterocycles. The van der Waals surface area contributed by atoms with Gasteiger partial charge in [-0.25, -0.2) is 4.79 Å². The number of benzene rings is 2. The molecule has 0 bridgehead atoms. The number of anilines is 1. The zero-order valence-electron chi connectivity index (χ0n) is 12.6. The lowest BCUT2D eigenvalue weighted by Crippen LogP contribution is -2.21. The molecule has 0 atom stereocenters. The van der Waals surface area contributed by atoms with Crippen LogP contribution in [0.3, 0.4) is 0 Å². The summed E-state index contributed by atoms with van der Waals surface area (Å²) >= 11 is 0. The second-order valence-electron chi connectivity index (χ2n) is 5.17. The highest BCUT2D eigenvalue weighted by Gasteiger charge is 2.09. The predicted molar refractivity (Wildman–Crippen MR) is 88.9 cm³/mol. The van der Waals surface area contributed by atoms with Crippen LogP contribution in [0, 0.1) is 0 Å². The van der Waals surface area contributed by atoms with E-state index >= 15 is 0 Å². The Labute approximate surface area is 128 Å². The maximum Gasteiger partial charge on any atom is 0.346 e. The van der Waals surface area contributed by atoms with Crippen LogP contribution in [0.4, 0.5) is 5.69 Å². The summed E-state index contributed by atoms with van der Waals surface area (Å²) in [5.74, 6) is 0. The minimum absolute atomic E-state index is 0.0478. The highest BCUT2D eigenvalue weighted by molar-refractivity contribution is 6.05. The van der Waals surface area contributed by atoms with Crippen molar-refractivity contribution in [3.63, 3.8) is 0 Å². The van der Waals surface area contributed by atoms with Crippen LogP contribution in [-0.2, 0) is 0 Å². The van der Waals surface area contributed by atoms with E-state index in [9.17, 15) is 9.59 Å². The fourth-order valence-corrected chi connectivity index (χ4v) is 2.78. The van der Waals surface area contributed by atoms with Crippen molar-refractivity contribution in [2.75, 3.05) is 18.0 Å². The third-order valence-corrected chi connectivity index (χ3v) is 3.98. The fraction of sp³-hybridized carbons (Fsp3) is 0.222. The van der Waals surface area contributed by atoms with Gasteiger partial charge in [0, 0.05) is 29.5 Å². The van der Waals surface area contributed by atoms with Crippen molar-refractivity contribution in [3.05, 3.63) is 52.4 Å². The number of hydrogen-bond acceptors (Lipinski definition) is 4. The van der Waals surface area contributed by atoms with E-state index < -0.39 is 5.63 Å². The van der Waals surface area contributed by atoms with Gasteiger partial charge < -0.3 is 9.32 Å². The zero-order chi connectivity index (χ0) is 15.7. The quantitative estimate of drug-likeness (QED) is 0.419. The van der Waals surface area contributed by atoms with Gasteiger partial charge in [0.1, 0.15) is 11.1 Å². The average molecular weight is 295 g/mol. The number of aldehydes is 1. The smallest absolute Gasteiger partial charge is 0.346 e. The first-order valence-corrected chi connectivity index (χ1v) is 7.38. The first-order chi connectivity index (χ1) is 10.7. The third kappa shape index (κ3) is 2.26. The van der Waals surface area contributed by atoms with Crippen LogP contribution < -0.4 is 10.5 Å². The van der Waals surface area contributed by atoms with Crippen molar-refractivity contribution in [1.29, 1.82) is 0 Å². The Bertz CT molecular complexity index is 907. The van der Waals surface area contributed by atoms with E-state index in [0.717, 1.165) is 34.9 Å². The molecule has 0 N–H and O–H groups in total. The molecule has 4 nitrogen and oxygen atoms in total. The highest BCUT2D eigenvalue weighted by atomic mass is 16.4. The lowest BCUT2D eigenvalue weighted by molar-refractivity contribution is 0.112. The maximum absolute atomic E-state index is 11.8. The molecular weight excluding hydrogens is 278 g/mol. The molecule has 0 spiro atoms. The molecule has 0 fully saturated rings. The zero-order valence-corrected chi connectivity index (χ0v) is 12.6. The summed E-state index contributed by atoms with van der Waals surface area (Å²) in [5, 5.41) is 2.65. The Balaban J connectivity index is 2.26. The standard InChI is InChI=1S/C18H17NO3/c1-3-19(4-2)15-7-8-16-12(10-15)5-6-13-9-14(11-20)18(21)22-17(13)16/h5-11H,3-4H2,1-2H3. The van der Waals surface area contributed by atoms with Gasteiger partial charge in [-0.05, 0) is 43.5 Å². The van der Waals surface area contributed by atoms with Crippen molar-refractivity contribution in [3.8, 4) is 0 Å². The second kappa shape index (κ2) is 5.64. The topological polar surface area (TPSA) is 50.5 Å². The van der Waals surface area contributed by atoms with Crippen molar-refractivity contribution in [1.82, 2.24) is 0 Å². The summed E-state index contributed by atoms with van der Waals surface area (Å²) in [6.45, 7) is 6.11. The van der Waals surface area contributed by atoms with Gasteiger partial charge in [-0.15, -0.1) is 0 Å². The van der Waals surface area contributed by atoms with E-state index in [4.69, 9.17) is 4.42 Å². The van der Waals surface area contributed by atoms with Crippen LogP contribution in [0.2, 0.25) is 0 Å². The molecule has 1 heterocycles. The van der Waals surface area contributed by atoms with Gasteiger partial charge in [-0.1, -0.05) is 12.1 Å². The molecule has 0 aliphatic rings. The molecule has 0 saturated carbocycles. The maximum atomic E-state index is 11.8. The molecular formula is C18H17NO3. The van der Waals surface area contributed by atoms with Gasteiger partial charge in [0.05, 0.1) is 0 Å². The normalized spacial score (nSPS) is 11.0. The van der Waals surface area contributed by atoms with Gasteiger partial charge in [-0.3, -0.25) is 4.79 Å². The van der Waals surface area contributed by atoms with Gasteiger partial charge in [0.25, 0.3) is 0 Å². The van der Waals surface area contributed by atoms with Gasteiger partial charge in [-0.2, -0.15) is 0 Å². The Hall–Kier alpha value is -2.62. The minimum atomic E-state index is -0.595. The van der Waals surface area contributed by atoms with Crippen LogP contribution >= 0.6 is 0 Å². The Kier molecular flexibility index (Phi) is 3.67. The SMILES string of the molecule is CCN(CC)c1ccc2c(ccc3cc(C=O)c(=O)oc32)c1. The average Bonchev–Trinajstić information content (AvgIpc) is 2.55. The number of nitrogens with zero attached hydrogens (tertiary/aromatic N) is 1. The van der Waals surface area contributed by atoms with E-state index in [0.29, 0.717) is 11.9 Å². The number of rotatable bonds is 4. The molecule has 3 rings (SSSR count). The van der Waals surface area contributed by atoms with Crippen LogP contribution in [0.1, 0.15) is 24.2 Å². The second-order valence-corrected chi connectivity index (χ2v) is 5.17. The molecule has 0 saturated heterocycles. The minimum Gasteiger partial charge on any atom is -0.422 e. The summed E-state index contributed by atoms with van der Waals surface area (Å²) < 4.78 is 5.35. The molecule has 0 unspecified atom stereocenters. The van der Waals surface area contributed by atoms with Crippen LogP contribution in [0.25, 0.3) is 21.7 Å². The molecule has 2 aromatic carbocycles. The summed E-state index contributed by atoms with van der Waals surface area (Å²) in [5.41, 5.74) is 1.12. The third-order valence-electron chi connectivity index (χ3n) is 3.98. The monoisotopic (exact) mass is 295 g/mol. The van der Waals surface area contributed by atoms with Gasteiger partial charge in [0.15, 0.2) is 6.29 Å². The van der Waals surface area contributed by atoms with Crippen molar-refractivity contribution in [2.24, 2.45) is 0 Å². The van der Waals surface area contributed by atoms with E-state index in [1.54, 1.807) is 6.07 Å². The van der Waals surface area contributed by atoms with Crippen LogP contribution in [0.5, 0.6) is 0 Å². The van der Waals surface area contributed by atoms with Crippen LogP contribution in [0.15, 0.2) is 45.6 Å². The fourth-order valence-electron chi connectivity index (χ4n) is 2.78. The lowest BCUT2D eigenvalue weighted by atomic mass is 10.1. The highest BCUT2D eigenvalue weighted by Crippen LogP contribution is 2.28. The molecule has 22 heavy (non-hydrogen) atoms. The molecule has 0 aliphatic carbocycles. The van der Waals surface area contributed by atoms with Gasteiger partial charge in [0.2, 0.25) is 0 Å². The summed E-state index contributed by atoms with van der Waals surface area (Å²) in [6.07, 6.45) is 0.527. The molecule has 3 aromatic rings. The number of hydrogen-bond donors (Lipinski definition) is 0. The number of carbonyl (C=O) groups excluding carboxylic acids is 1. The Morgan fingerprint density at radius 1 is 1.05 bits per heavy atom. The summed E-state index contributed by atoms with van der Waals surface area (Å²) in [6, 6.07) is 11.5. The van der Waals surface area contributed by atoms with E-state index in [1.807, 2.05) is 24.3 Å². The summed E-state index contributed by atoms with van der Waals surface area (Å²) in [4.78, 5) is 24.9. The van der Waals surface area contributed by atoms with Crippen molar-refractivity contribution in [2.45, 2.75) is 13.8 Å². The predicted octanol–water partition coefficient (Wildman–Crippen LogP) is 3.60. The van der Waals surface area contributed by atoms with E-state index in [1.165, 1.54) is 0 Å². The summed E-state index contributed by atoms with van der Waals surface area (Å²) in [7, 11) is 0. The van der Waals surface area contributed by atoms with Gasteiger partial charge >= 0.3 is 5.63 Å². The first-order valence-electron chi connectivity index (χ1n) is 7.38. The van der Waals surface area contributed by atoms with Crippen molar-refractivity contribution >= 4 is 33.7 Å². The largest absolute Gasteiger partial charge is 0.422 e. The molecule has 112 valence electrons. The Morgan fingerprint density at radius 2 is 1.77 bits per heavy atom. The Morgan fingerprint density at radius 3 is 2.45 bits per heavy atom. The van der Waals surface area contributed by atoms with E-state index in [2.05, 4.69) is 24.8 Å².